The maximum atomic E-state index is 14.7. The lowest BCUT2D eigenvalue weighted by Gasteiger charge is -2.24. The van der Waals surface area contributed by atoms with Crippen molar-refractivity contribution in [2.45, 2.75) is 64.5 Å². The van der Waals surface area contributed by atoms with Gasteiger partial charge in [-0.1, -0.05) is 19.6 Å². The molecule has 198 valence electrons. The molecule has 0 saturated carbocycles. The Hall–Kier alpha value is -2.95. The van der Waals surface area contributed by atoms with E-state index < -0.39 is 41.8 Å². The van der Waals surface area contributed by atoms with Crippen LogP contribution < -0.4 is 5.32 Å². The molecule has 1 fully saturated rings. The van der Waals surface area contributed by atoms with Gasteiger partial charge < -0.3 is 19.5 Å². The normalized spacial score (nSPS) is 20.0. The Balaban J connectivity index is 1.93. The van der Waals surface area contributed by atoms with E-state index in [4.69, 9.17) is 4.74 Å². The van der Waals surface area contributed by atoms with E-state index in [9.17, 15) is 31.5 Å². The van der Waals surface area contributed by atoms with E-state index in [1.165, 1.54) is 13.0 Å². The summed E-state index contributed by atoms with van der Waals surface area (Å²) in [6.45, 7) is 6.51. The molecule has 36 heavy (non-hydrogen) atoms. The Morgan fingerprint density at radius 1 is 1.33 bits per heavy atom. The first-order chi connectivity index (χ1) is 17.0. The molecule has 2 aliphatic heterocycles. The summed E-state index contributed by atoms with van der Waals surface area (Å²) in [6.07, 6.45) is -2.48. The number of allylic oxidation sites excluding steroid dienone is 4. The van der Waals surface area contributed by atoms with Crippen LogP contribution in [-0.2, 0) is 17.9 Å². The molecule has 1 aromatic heterocycles. The number of likely N-dealkylation sites (tertiary alicyclic amines) is 1. The molecule has 0 radical (unpaired) electrons. The van der Waals surface area contributed by atoms with E-state index >= 15 is 0 Å². The molecule has 2 atom stereocenters. The summed E-state index contributed by atoms with van der Waals surface area (Å²) in [5, 5.41) is 2.52. The van der Waals surface area contributed by atoms with Crippen molar-refractivity contribution in [3.63, 3.8) is 0 Å². The molecule has 2 amide bonds. The Morgan fingerprint density at radius 3 is 2.61 bits per heavy atom. The second-order valence-electron chi connectivity index (χ2n) is 8.83. The topological polar surface area (TPSA) is 63.6 Å². The zero-order valence-electron chi connectivity index (χ0n) is 20.3. The van der Waals surface area contributed by atoms with Gasteiger partial charge in [-0.2, -0.15) is 13.2 Å². The van der Waals surface area contributed by atoms with Crippen molar-refractivity contribution in [1.29, 1.82) is 0 Å². The number of rotatable bonds is 8. The quantitative estimate of drug-likeness (QED) is 0.391. The van der Waals surface area contributed by atoms with E-state index in [1.54, 1.807) is 9.47 Å². The minimum atomic E-state index is -4.87. The molecular formula is C25H30F5N3O3. The van der Waals surface area contributed by atoms with Gasteiger partial charge in [0.2, 0.25) is 0 Å². The zero-order valence-corrected chi connectivity index (χ0v) is 20.3. The molecule has 0 bridgehead atoms. The molecule has 0 unspecified atom stereocenters. The molecule has 0 aliphatic carbocycles. The van der Waals surface area contributed by atoms with Crippen molar-refractivity contribution in [3.05, 3.63) is 58.7 Å². The maximum absolute atomic E-state index is 14.7. The van der Waals surface area contributed by atoms with Crippen LogP contribution >= 0.6 is 0 Å². The highest BCUT2D eigenvalue weighted by molar-refractivity contribution is 6.01. The largest absolute Gasteiger partial charge is 0.416 e. The molecule has 0 spiro atoms. The zero-order chi connectivity index (χ0) is 26.6. The van der Waals surface area contributed by atoms with Gasteiger partial charge in [0.15, 0.2) is 0 Å². The Kier molecular flexibility index (Phi) is 8.76. The van der Waals surface area contributed by atoms with Crippen LogP contribution in [0.5, 0.6) is 0 Å². The van der Waals surface area contributed by atoms with Gasteiger partial charge in [-0.05, 0) is 38.3 Å². The molecule has 1 aromatic rings. The van der Waals surface area contributed by atoms with Gasteiger partial charge in [0.05, 0.1) is 36.1 Å². The van der Waals surface area contributed by atoms with Crippen LogP contribution in [0.2, 0.25) is 0 Å². The lowest BCUT2D eigenvalue weighted by atomic mass is 10.0. The van der Waals surface area contributed by atoms with Gasteiger partial charge in [-0.25, -0.2) is 8.78 Å². The number of fused-ring (bicyclic) bond motifs is 1. The number of nitrogens with one attached hydrogen (secondary N) is 1. The average Bonchev–Trinajstić information content (AvgIpc) is 3.44. The van der Waals surface area contributed by atoms with E-state index in [0.717, 1.165) is 12.8 Å². The van der Waals surface area contributed by atoms with Crippen LogP contribution in [0.15, 0.2) is 41.8 Å². The van der Waals surface area contributed by atoms with Crippen LogP contribution in [0.4, 0.5) is 22.0 Å². The summed E-state index contributed by atoms with van der Waals surface area (Å²) in [5.41, 5.74) is -1.08. The molecule has 1 N–H and O–H groups in total. The average molecular weight is 516 g/mol. The standard InChI is InChI=1S/C25H30F5N3O3/c1-4-16(25(28,29)30)11-19(27)18(13-26)20(5-2)31-23(34)17-12-21(33-9-10-36-14-22(17)33)24(35)32-8-6-7-15(32)3/h4,11-12,15,20H,1,5-10,13-14H2,2-3H3,(H,31,34)/b16-11+,19-18-/t15-,20-/m0/s1. The molecule has 11 heteroatoms. The van der Waals surface area contributed by atoms with Crippen LogP contribution in [0.3, 0.4) is 0 Å². The van der Waals surface area contributed by atoms with Gasteiger partial charge in [0, 0.05) is 24.7 Å². The molecule has 0 aromatic carbocycles. The number of alkyl halides is 4. The number of hydrogen-bond donors (Lipinski definition) is 1. The number of aromatic nitrogens is 1. The highest BCUT2D eigenvalue weighted by Crippen LogP contribution is 2.30. The first kappa shape index (κ1) is 27.6. The fourth-order valence-electron chi connectivity index (χ4n) is 4.56. The molecule has 2 aliphatic rings. The number of carbonyl (C=O) groups excluding carboxylic acids is 2. The third-order valence-electron chi connectivity index (χ3n) is 6.60. The molecule has 3 heterocycles. The minimum Gasteiger partial charge on any atom is -0.373 e. The monoisotopic (exact) mass is 515 g/mol. The fourth-order valence-corrected chi connectivity index (χ4v) is 4.56. The molecule has 1 saturated heterocycles. The minimum absolute atomic E-state index is 0.0192. The second kappa shape index (κ2) is 11.4. The lowest BCUT2D eigenvalue weighted by molar-refractivity contribution is -0.0883. The molecular weight excluding hydrogens is 485 g/mol. The Labute approximate surface area is 206 Å². The number of carbonyl (C=O) groups is 2. The van der Waals surface area contributed by atoms with Gasteiger partial charge >= 0.3 is 6.18 Å². The van der Waals surface area contributed by atoms with Crippen LogP contribution in [-0.4, -0.2) is 59.4 Å². The predicted octanol–water partition coefficient (Wildman–Crippen LogP) is 5.02. The Bertz CT molecular complexity index is 1070. The lowest BCUT2D eigenvalue weighted by Crippen LogP contribution is -2.37. The third-order valence-corrected chi connectivity index (χ3v) is 6.60. The first-order valence-corrected chi connectivity index (χ1v) is 11.8. The van der Waals surface area contributed by atoms with E-state index in [-0.39, 0.29) is 36.6 Å². The predicted molar refractivity (Wildman–Crippen MR) is 124 cm³/mol. The number of hydrogen-bond acceptors (Lipinski definition) is 3. The summed E-state index contributed by atoms with van der Waals surface area (Å²) in [5.74, 6) is -2.34. The Morgan fingerprint density at radius 2 is 2.06 bits per heavy atom. The van der Waals surface area contributed by atoms with Crippen LogP contribution in [0.25, 0.3) is 0 Å². The van der Waals surface area contributed by atoms with Crippen LogP contribution in [0, 0.1) is 0 Å². The van der Waals surface area contributed by atoms with Crippen molar-refractivity contribution >= 4 is 11.8 Å². The van der Waals surface area contributed by atoms with Crippen molar-refractivity contribution in [2.75, 3.05) is 19.8 Å². The molecule has 6 nitrogen and oxygen atoms in total. The number of amides is 2. The van der Waals surface area contributed by atoms with Gasteiger partial charge in [-0.3, -0.25) is 9.59 Å². The van der Waals surface area contributed by atoms with Gasteiger partial charge in [-0.15, -0.1) is 0 Å². The van der Waals surface area contributed by atoms with Gasteiger partial charge in [0.25, 0.3) is 11.8 Å². The van der Waals surface area contributed by atoms with Crippen LogP contribution in [0.1, 0.15) is 59.7 Å². The highest BCUT2D eigenvalue weighted by Gasteiger charge is 2.34. The maximum Gasteiger partial charge on any atom is 0.416 e. The highest BCUT2D eigenvalue weighted by atomic mass is 19.4. The summed E-state index contributed by atoms with van der Waals surface area (Å²) in [6, 6.07) is 0.306. The summed E-state index contributed by atoms with van der Waals surface area (Å²) in [4.78, 5) is 28.2. The van der Waals surface area contributed by atoms with E-state index in [2.05, 4.69) is 11.9 Å². The SMILES string of the molecule is C=C/C(=C\C(F)=C(/CF)[C@H](CC)NC(=O)c1cc(C(=O)N2CCC[C@@H]2C)n2c1COCC2)C(F)(F)F. The number of nitrogens with zero attached hydrogens (tertiary/aromatic N) is 2. The van der Waals surface area contributed by atoms with Crippen molar-refractivity contribution in [3.8, 4) is 0 Å². The van der Waals surface area contributed by atoms with E-state index in [0.29, 0.717) is 37.2 Å². The van der Waals surface area contributed by atoms with E-state index in [1.807, 2.05) is 6.92 Å². The first-order valence-electron chi connectivity index (χ1n) is 11.8. The summed E-state index contributed by atoms with van der Waals surface area (Å²) < 4.78 is 74.7. The number of halogens is 5. The number of ether oxygens (including phenoxy) is 1. The third kappa shape index (κ3) is 5.71. The van der Waals surface area contributed by atoms with Crippen molar-refractivity contribution < 1.29 is 36.3 Å². The smallest absolute Gasteiger partial charge is 0.373 e. The van der Waals surface area contributed by atoms with Gasteiger partial charge in [0.1, 0.15) is 18.2 Å². The summed E-state index contributed by atoms with van der Waals surface area (Å²) >= 11 is 0. The van der Waals surface area contributed by atoms with Crippen molar-refractivity contribution in [2.24, 2.45) is 0 Å². The fraction of sp³-hybridized carbons (Fsp3) is 0.520. The van der Waals surface area contributed by atoms with Crippen molar-refractivity contribution in [1.82, 2.24) is 14.8 Å². The molecule has 3 rings (SSSR count). The second-order valence-corrected chi connectivity index (χ2v) is 8.83. The summed E-state index contributed by atoms with van der Waals surface area (Å²) in [7, 11) is 0.